The third-order valence-electron chi connectivity index (χ3n) is 22.1. The first kappa shape index (κ1) is 76.1. The summed E-state index contributed by atoms with van der Waals surface area (Å²) in [6, 6.07) is 174. The minimum atomic E-state index is 0.927. The van der Waals surface area contributed by atoms with Crippen molar-refractivity contribution < 1.29 is 0 Å². The number of benzene rings is 19. The van der Waals surface area contributed by atoms with Gasteiger partial charge in [-0.1, -0.05) is 406 Å². The highest BCUT2D eigenvalue weighted by molar-refractivity contribution is 7.25. The van der Waals surface area contributed by atoms with Gasteiger partial charge in [-0.15, -0.1) is 11.3 Å². The first-order valence-electron chi connectivity index (χ1n) is 41.1. The molecule has 0 radical (unpaired) electrons. The van der Waals surface area contributed by atoms with E-state index in [-0.39, 0.29) is 0 Å². The van der Waals surface area contributed by atoms with Gasteiger partial charge in [-0.25, -0.2) is 0 Å². The second-order valence-electron chi connectivity index (χ2n) is 30.0. The zero-order valence-electron chi connectivity index (χ0n) is 66.5. The fourth-order valence-corrected chi connectivity index (χ4v) is 17.4. The number of nitrogens with zero attached hydrogens (tertiary/aromatic N) is 1. The van der Waals surface area contributed by atoms with Crippen LogP contribution in [0.3, 0.4) is 0 Å². The van der Waals surface area contributed by atoms with Crippen LogP contribution in [0.5, 0.6) is 0 Å². The van der Waals surface area contributed by atoms with Gasteiger partial charge in [0, 0.05) is 64.9 Å². The van der Waals surface area contributed by atoms with Crippen molar-refractivity contribution in [3.05, 3.63) is 514 Å². The topological polar surface area (TPSA) is 29.0 Å². The number of nitrogens with one attached hydrogen (secondary N) is 2. The van der Waals surface area contributed by atoms with Gasteiger partial charge < -0.3 is 15.2 Å². The molecule has 0 saturated heterocycles. The zero-order chi connectivity index (χ0) is 80.4. The summed E-state index contributed by atoms with van der Waals surface area (Å²) in [5.41, 5.74) is 33.2. The third kappa shape index (κ3) is 17.6. The molecule has 2 N–H and O–H groups in total. The van der Waals surface area contributed by atoms with Crippen LogP contribution in [-0.2, 0) is 12.8 Å². The number of anilines is 4. The molecule has 0 amide bonds. The minimum absolute atomic E-state index is 0.927. The van der Waals surface area contributed by atoms with Gasteiger partial charge in [0.15, 0.2) is 0 Å². The molecule has 2 aromatic heterocycles. The molecular formula is C116H87N3S. The Morgan fingerprint density at radius 1 is 0.200 bits per heavy atom. The van der Waals surface area contributed by atoms with Crippen LogP contribution >= 0.6 is 11.3 Å². The van der Waals surface area contributed by atoms with Crippen LogP contribution in [-0.4, -0.2) is 4.57 Å². The molecule has 0 saturated carbocycles. The molecule has 0 aliphatic carbocycles. The van der Waals surface area contributed by atoms with E-state index < -0.39 is 0 Å². The van der Waals surface area contributed by atoms with Crippen molar-refractivity contribution in [3.63, 3.8) is 0 Å². The van der Waals surface area contributed by atoms with Crippen molar-refractivity contribution in [1.29, 1.82) is 0 Å². The minimum Gasteiger partial charge on any atom is -0.356 e. The molecular weight excluding hydrogens is 1470 g/mol. The van der Waals surface area contributed by atoms with Crippen LogP contribution in [0.1, 0.15) is 22.3 Å². The summed E-state index contributed by atoms with van der Waals surface area (Å²) in [5, 5.41) is 12.4. The van der Waals surface area contributed by atoms with Gasteiger partial charge in [-0.2, -0.15) is 0 Å². The average Bonchev–Trinajstić information content (AvgIpc) is 1.57. The van der Waals surface area contributed by atoms with Crippen LogP contribution in [0.15, 0.2) is 491 Å². The Kier molecular flexibility index (Phi) is 23.3. The highest BCUT2D eigenvalue weighted by Crippen LogP contribution is 2.45. The number of rotatable bonds is 17. The van der Waals surface area contributed by atoms with E-state index in [1.54, 1.807) is 0 Å². The van der Waals surface area contributed by atoms with Crippen molar-refractivity contribution in [3.8, 4) is 94.7 Å². The van der Waals surface area contributed by atoms with Crippen LogP contribution in [0.4, 0.5) is 22.7 Å². The normalized spacial score (nSPS) is 10.9. The molecule has 0 aliphatic heterocycles. The maximum atomic E-state index is 3.64. The van der Waals surface area contributed by atoms with Gasteiger partial charge in [0.25, 0.3) is 0 Å². The van der Waals surface area contributed by atoms with Gasteiger partial charge in [-0.3, -0.25) is 0 Å². The van der Waals surface area contributed by atoms with Gasteiger partial charge in [0.1, 0.15) is 0 Å². The average molecular weight is 1560 g/mol. The Labute approximate surface area is 707 Å². The van der Waals surface area contributed by atoms with E-state index in [2.05, 4.69) is 501 Å². The molecule has 2 heterocycles. The van der Waals surface area contributed by atoms with Crippen molar-refractivity contribution in [1.82, 2.24) is 4.57 Å². The fourth-order valence-electron chi connectivity index (χ4n) is 16.3. The summed E-state index contributed by atoms with van der Waals surface area (Å²) < 4.78 is 5.10. The molecule has 0 spiro atoms. The lowest BCUT2D eigenvalue weighted by molar-refractivity contribution is 1.18. The van der Waals surface area contributed by atoms with E-state index in [4.69, 9.17) is 0 Å². The molecule has 0 atom stereocenters. The monoisotopic (exact) mass is 1550 g/mol. The number of thiophene rings is 1. The maximum absolute atomic E-state index is 3.64. The molecule has 120 heavy (non-hydrogen) atoms. The lowest BCUT2D eigenvalue weighted by atomic mass is 9.91. The summed E-state index contributed by atoms with van der Waals surface area (Å²) in [7, 11) is 0. The molecule has 4 heteroatoms. The summed E-state index contributed by atoms with van der Waals surface area (Å²) in [6.45, 7) is 0. The predicted octanol–water partition coefficient (Wildman–Crippen LogP) is 32.2. The molecule has 0 bridgehead atoms. The number of hydrogen-bond acceptors (Lipinski definition) is 3. The van der Waals surface area contributed by atoms with Crippen LogP contribution in [0.2, 0.25) is 0 Å². The van der Waals surface area contributed by atoms with Crippen molar-refractivity contribution in [2.45, 2.75) is 12.8 Å². The number of para-hydroxylation sites is 2. The zero-order valence-corrected chi connectivity index (χ0v) is 67.4. The predicted molar refractivity (Wildman–Crippen MR) is 514 cm³/mol. The quantitative estimate of drug-likeness (QED) is 0.0951. The van der Waals surface area contributed by atoms with Crippen LogP contribution in [0, 0.1) is 0 Å². The van der Waals surface area contributed by atoms with Gasteiger partial charge in [0.05, 0.1) is 11.0 Å². The molecule has 21 aromatic rings. The summed E-state index contributed by atoms with van der Waals surface area (Å²) in [5.74, 6) is 0. The van der Waals surface area contributed by atoms with E-state index in [1.807, 2.05) is 17.4 Å². The largest absolute Gasteiger partial charge is 0.356 e. The summed E-state index contributed by atoms with van der Waals surface area (Å²) >= 11 is 1.86. The van der Waals surface area contributed by atoms with E-state index in [9.17, 15) is 0 Å². The molecule has 0 unspecified atom stereocenters. The van der Waals surface area contributed by atoms with E-state index in [0.29, 0.717) is 0 Å². The second-order valence-corrected chi connectivity index (χ2v) is 31.0. The van der Waals surface area contributed by atoms with Gasteiger partial charge >= 0.3 is 0 Å². The standard InChI is InChI=1S/C42H30N2.C30H21NS.C25H20.C19H16/c1-4-13-30(14-5-1)31-23-25-34(26-24-31)43-35-18-12-17-33(29-35)37-27-28-38(32-15-6-2-7-16-32)42-41(37)39-21-10-11-22-40(39)44(42)36-19-8-3-9-20-36;1-2-8-21(9-3-1)22-10-6-12-25(18-22)31-26-13-7-11-23(19-26)24-16-17-30-28(20-24)27-14-4-5-15-29(27)32-30;1-3-11-20(12-4-1)24-17-9-7-15-22(24)19-23-16-8-10-18-25(23)21-13-5-2-6-14-21;1-3-9-16(10-4-1)15-18-13-7-8-14-19(18)17-11-5-2-6-12-17/h1-29,43H;1-20,31H;1-18H,19H2;1-14H,15H2. The highest BCUT2D eigenvalue weighted by Gasteiger charge is 2.21. The molecule has 572 valence electrons. The van der Waals surface area contributed by atoms with Gasteiger partial charge in [0.2, 0.25) is 0 Å². The lowest BCUT2D eigenvalue weighted by Crippen LogP contribution is -1.96. The Hall–Kier alpha value is -15.2. The van der Waals surface area contributed by atoms with E-state index in [1.165, 1.54) is 153 Å². The summed E-state index contributed by atoms with van der Waals surface area (Å²) in [6.07, 6.45) is 1.90. The molecule has 21 rings (SSSR count). The van der Waals surface area contributed by atoms with Crippen molar-refractivity contribution in [2.75, 3.05) is 10.6 Å². The fraction of sp³-hybridized carbons (Fsp3) is 0.0172. The Morgan fingerprint density at radius 2 is 0.550 bits per heavy atom. The molecule has 0 fully saturated rings. The number of aromatic nitrogens is 1. The lowest BCUT2D eigenvalue weighted by Gasteiger charge is -2.14. The number of hydrogen-bond donors (Lipinski definition) is 2. The summed E-state index contributed by atoms with van der Waals surface area (Å²) in [4.78, 5) is 0. The maximum Gasteiger partial charge on any atom is 0.0625 e. The highest BCUT2D eigenvalue weighted by atomic mass is 32.1. The molecule has 0 aliphatic rings. The molecule has 19 aromatic carbocycles. The van der Waals surface area contributed by atoms with Crippen LogP contribution in [0.25, 0.3) is 137 Å². The Bertz CT molecular complexity index is 6890. The van der Waals surface area contributed by atoms with Crippen LogP contribution < -0.4 is 10.6 Å². The smallest absolute Gasteiger partial charge is 0.0625 e. The van der Waals surface area contributed by atoms with Crippen molar-refractivity contribution in [2.24, 2.45) is 0 Å². The third-order valence-corrected chi connectivity index (χ3v) is 23.3. The van der Waals surface area contributed by atoms with E-state index >= 15 is 0 Å². The SMILES string of the molecule is c1ccc(-c2ccc(Nc3cccc(-c4ccc(-c5ccccc5)c5c4c4ccccc4n5-c4ccccc4)c3)cc2)cc1.c1ccc(-c2cccc(Nc3cccc(-c4ccc5sc6ccccc6c5c4)c3)c2)cc1.c1ccc(-c2ccccc2Cc2ccccc2-c2ccccc2)cc1.c1ccc(Cc2ccccc2-c2ccccc2)cc1. The second kappa shape index (κ2) is 36.7. The Morgan fingerprint density at radius 3 is 1.08 bits per heavy atom. The first-order valence-corrected chi connectivity index (χ1v) is 41.9. The molecule has 3 nitrogen and oxygen atoms in total. The van der Waals surface area contributed by atoms with E-state index in [0.717, 1.165) is 41.3 Å². The van der Waals surface area contributed by atoms with Gasteiger partial charge in [-0.05, 0) is 203 Å². The number of fused-ring (bicyclic) bond motifs is 6. The van der Waals surface area contributed by atoms with Crippen molar-refractivity contribution >= 4 is 76.1 Å². The first-order chi connectivity index (χ1) is 59.5. The Balaban J connectivity index is 0.000000115.